The molecule has 200 valence electrons. The molecule has 0 aliphatic carbocycles. The predicted octanol–water partition coefficient (Wildman–Crippen LogP) is 6.21. The second kappa shape index (κ2) is 11.2. The van der Waals surface area contributed by atoms with E-state index in [1.807, 2.05) is 60.7 Å². The molecule has 2 atom stereocenters. The number of ether oxygens (including phenoxy) is 1. The van der Waals surface area contributed by atoms with Gasteiger partial charge >= 0.3 is 0 Å². The van der Waals surface area contributed by atoms with Gasteiger partial charge in [0.1, 0.15) is 6.61 Å². The van der Waals surface area contributed by atoms with Crippen molar-refractivity contribution >= 4 is 46.2 Å². The van der Waals surface area contributed by atoms with Gasteiger partial charge in [0, 0.05) is 52.3 Å². The van der Waals surface area contributed by atoms with Gasteiger partial charge < -0.3 is 24.8 Å². The van der Waals surface area contributed by atoms with Crippen LogP contribution in [0.1, 0.15) is 40.3 Å². The number of halogens is 1. The monoisotopic (exact) mass is 559 g/mol. The van der Waals surface area contributed by atoms with Crippen molar-refractivity contribution in [2.24, 2.45) is 0 Å². The second-order valence-electron chi connectivity index (χ2n) is 9.55. The zero-order valence-electron chi connectivity index (χ0n) is 22.2. The van der Waals surface area contributed by atoms with Gasteiger partial charge in [0.15, 0.2) is 5.11 Å². The highest BCUT2D eigenvalue weighted by molar-refractivity contribution is 7.80. The van der Waals surface area contributed by atoms with Crippen molar-refractivity contribution in [2.45, 2.75) is 32.9 Å². The summed E-state index contributed by atoms with van der Waals surface area (Å²) in [5, 5.41) is 7.69. The van der Waals surface area contributed by atoms with Crippen LogP contribution >= 0.6 is 23.8 Å². The summed E-state index contributed by atoms with van der Waals surface area (Å²) < 4.78 is 7.17. The fourth-order valence-corrected chi connectivity index (χ4v) is 5.93. The first kappa shape index (κ1) is 26.9. The summed E-state index contributed by atoms with van der Waals surface area (Å²) >= 11 is 12.3. The molecular weight excluding hydrogens is 530 g/mol. The van der Waals surface area contributed by atoms with Gasteiger partial charge in [-0.1, -0.05) is 23.7 Å². The lowest BCUT2D eigenvalue weighted by Gasteiger charge is -2.29. The normalized spacial score (nSPS) is 16.8. The number of hydrogen-bond donors (Lipinski definition) is 2. The lowest BCUT2D eigenvalue weighted by atomic mass is 9.93. The number of nitrogens with one attached hydrogen (secondary N) is 2. The van der Waals surface area contributed by atoms with Crippen LogP contribution in [0.15, 0.2) is 72.9 Å². The SMILES string of the molecule is COCC(=O)Nc1ccc(N2C(=S)N[C@H](c3ccccn3)[C@H]2c2c(C)c(C)n(-c3cccc(Cl)c3)c2C)cc1. The molecule has 9 heteroatoms. The van der Waals surface area contributed by atoms with E-state index < -0.39 is 0 Å². The van der Waals surface area contributed by atoms with E-state index in [4.69, 9.17) is 28.6 Å². The number of carbonyl (C=O) groups is 1. The summed E-state index contributed by atoms with van der Waals surface area (Å²) in [5.41, 5.74) is 8.11. The Labute approximate surface area is 238 Å². The number of pyridine rings is 1. The second-order valence-corrected chi connectivity index (χ2v) is 10.4. The van der Waals surface area contributed by atoms with Gasteiger partial charge in [-0.05, 0) is 93.1 Å². The molecule has 0 saturated carbocycles. The molecule has 5 rings (SSSR count). The molecule has 1 fully saturated rings. The first-order valence-corrected chi connectivity index (χ1v) is 13.4. The first-order chi connectivity index (χ1) is 18.8. The lowest BCUT2D eigenvalue weighted by molar-refractivity contribution is -0.119. The lowest BCUT2D eigenvalue weighted by Crippen LogP contribution is -2.29. The van der Waals surface area contributed by atoms with Crippen LogP contribution in [0.2, 0.25) is 5.02 Å². The number of rotatable bonds is 7. The maximum absolute atomic E-state index is 12.0. The van der Waals surface area contributed by atoms with Gasteiger partial charge in [-0.2, -0.15) is 0 Å². The molecule has 2 N–H and O–H groups in total. The summed E-state index contributed by atoms with van der Waals surface area (Å²) in [5.74, 6) is -0.208. The minimum absolute atomic E-state index is 0.00275. The van der Waals surface area contributed by atoms with Crippen LogP contribution in [-0.2, 0) is 9.53 Å². The van der Waals surface area contributed by atoms with Crippen LogP contribution in [0.4, 0.5) is 11.4 Å². The van der Waals surface area contributed by atoms with E-state index >= 15 is 0 Å². The Morgan fingerprint density at radius 1 is 1.05 bits per heavy atom. The van der Waals surface area contributed by atoms with E-state index in [1.165, 1.54) is 18.2 Å². The smallest absolute Gasteiger partial charge is 0.250 e. The third-order valence-corrected chi connectivity index (χ3v) is 7.72. The molecular formula is C30H30ClN5O2S. The van der Waals surface area contributed by atoms with Crippen molar-refractivity contribution < 1.29 is 9.53 Å². The molecule has 0 unspecified atom stereocenters. The van der Waals surface area contributed by atoms with Crippen molar-refractivity contribution in [3.8, 4) is 5.69 Å². The molecule has 7 nitrogen and oxygen atoms in total. The fraction of sp³-hybridized carbons (Fsp3) is 0.233. The highest BCUT2D eigenvalue weighted by Gasteiger charge is 2.43. The summed E-state index contributed by atoms with van der Waals surface area (Å²) in [6.45, 7) is 6.42. The summed E-state index contributed by atoms with van der Waals surface area (Å²) in [6, 6.07) is 21.2. The molecule has 1 saturated heterocycles. The molecule has 4 aromatic rings. The van der Waals surface area contributed by atoms with Crippen LogP contribution in [0.25, 0.3) is 5.69 Å². The van der Waals surface area contributed by atoms with Crippen LogP contribution in [0.3, 0.4) is 0 Å². The quantitative estimate of drug-likeness (QED) is 0.262. The molecule has 0 spiro atoms. The van der Waals surface area contributed by atoms with E-state index in [0.717, 1.165) is 28.5 Å². The summed E-state index contributed by atoms with van der Waals surface area (Å²) in [4.78, 5) is 18.8. The van der Waals surface area contributed by atoms with Crippen molar-refractivity contribution in [3.05, 3.63) is 106 Å². The summed E-state index contributed by atoms with van der Waals surface area (Å²) in [6.07, 6.45) is 1.80. The number of carbonyl (C=O) groups excluding carboxylic acids is 1. The predicted molar refractivity (Wildman–Crippen MR) is 160 cm³/mol. The Morgan fingerprint density at radius 3 is 2.49 bits per heavy atom. The van der Waals surface area contributed by atoms with Gasteiger partial charge in [-0.3, -0.25) is 9.78 Å². The van der Waals surface area contributed by atoms with E-state index in [2.05, 4.69) is 51.9 Å². The highest BCUT2D eigenvalue weighted by Crippen LogP contribution is 2.45. The van der Waals surface area contributed by atoms with Crippen LogP contribution in [0, 0.1) is 20.8 Å². The van der Waals surface area contributed by atoms with E-state index in [9.17, 15) is 4.79 Å². The average molecular weight is 560 g/mol. The zero-order valence-corrected chi connectivity index (χ0v) is 23.8. The third kappa shape index (κ3) is 5.15. The number of hydrogen-bond acceptors (Lipinski definition) is 4. The number of aromatic nitrogens is 2. The number of thiocarbonyl (C=S) groups is 1. The van der Waals surface area contributed by atoms with Crippen LogP contribution in [-0.4, -0.2) is 34.3 Å². The number of nitrogens with zero attached hydrogens (tertiary/aromatic N) is 3. The van der Waals surface area contributed by atoms with Crippen LogP contribution in [0.5, 0.6) is 0 Å². The van der Waals surface area contributed by atoms with Gasteiger partial charge in [0.2, 0.25) is 5.91 Å². The average Bonchev–Trinajstić information content (AvgIpc) is 3.37. The van der Waals surface area contributed by atoms with E-state index in [-0.39, 0.29) is 24.6 Å². The molecule has 2 aromatic carbocycles. The van der Waals surface area contributed by atoms with Crippen molar-refractivity contribution in [1.29, 1.82) is 0 Å². The Kier molecular flexibility index (Phi) is 7.70. The van der Waals surface area contributed by atoms with Gasteiger partial charge in [0.05, 0.1) is 17.8 Å². The first-order valence-electron chi connectivity index (χ1n) is 12.6. The number of anilines is 2. The Morgan fingerprint density at radius 2 is 1.82 bits per heavy atom. The molecule has 1 amide bonds. The van der Waals surface area contributed by atoms with Crippen molar-refractivity contribution in [1.82, 2.24) is 14.9 Å². The van der Waals surface area contributed by atoms with Crippen molar-refractivity contribution in [3.63, 3.8) is 0 Å². The van der Waals surface area contributed by atoms with Gasteiger partial charge in [-0.25, -0.2) is 0 Å². The van der Waals surface area contributed by atoms with Crippen molar-refractivity contribution in [2.75, 3.05) is 23.9 Å². The Balaban J connectivity index is 1.62. The highest BCUT2D eigenvalue weighted by atomic mass is 35.5. The Hall–Kier alpha value is -3.72. The minimum Gasteiger partial charge on any atom is -0.375 e. The van der Waals surface area contributed by atoms with Gasteiger partial charge in [0.25, 0.3) is 0 Å². The standard InChI is InChI=1S/C30H30ClN5O2S/c1-18-19(2)35(24-9-7-8-21(31)16-24)20(3)27(18)29-28(25-10-5-6-15-32-25)34-30(39)36(29)23-13-11-22(12-14-23)33-26(37)17-38-4/h5-16,28-29H,17H2,1-4H3,(H,33,37)(H,34,39)/t28-,29-/m1/s1. The topological polar surface area (TPSA) is 71.4 Å². The van der Waals surface area contributed by atoms with E-state index in [1.54, 1.807) is 6.20 Å². The van der Waals surface area contributed by atoms with Gasteiger partial charge in [-0.15, -0.1) is 0 Å². The number of methoxy groups -OCH3 is 1. The maximum atomic E-state index is 12.0. The molecule has 1 aliphatic rings. The molecule has 1 aliphatic heterocycles. The summed E-state index contributed by atoms with van der Waals surface area (Å²) in [7, 11) is 1.49. The number of amides is 1. The maximum Gasteiger partial charge on any atom is 0.250 e. The minimum atomic E-state index is -0.208. The molecule has 2 aromatic heterocycles. The molecule has 3 heterocycles. The van der Waals surface area contributed by atoms with E-state index in [0.29, 0.717) is 15.8 Å². The molecule has 0 bridgehead atoms. The zero-order chi connectivity index (χ0) is 27.7. The Bertz CT molecular complexity index is 1520. The molecule has 39 heavy (non-hydrogen) atoms. The fourth-order valence-electron chi connectivity index (χ4n) is 5.40. The number of benzene rings is 2. The third-order valence-electron chi connectivity index (χ3n) is 7.17. The largest absolute Gasteiger partial charge is 0.375 e. The molecule has 0 radical (unpaired) electrons. The van der Waals surface area contributed by atoms with Crippen LogP contribution < -0.4 is 15.5 Å².